The number of nitrogens with one attached hydrogen (secondary N) is 1. The van der Waals surface area contributed by atoms with Gasteiger partial charge in [0.15, 0.2) is 0 Å². The highest BCUT2D eigenvalue weighted by molar-refractivity contribution is 5.01. The molecule has 1 aromatic rings. The standard InChI is InChI=1S/C12H22N4/c1-2-16-9-8-14-12(16)11(15-13)10-6-4-3-5-7-10/h8-11,15H,2-7,13H2,1H3. The summed E-state index contributed by atoms with van der Waals surface area (Å²) in [5.74, 6) is 7.45. The summed E-state index contributed by atoms with van der Waals surface area (Å²) in [6.45, 7) is 3.10. The maximum Gasteiger partial charge on any atom is 0.127 e. The summed E-state index contributed by atoms with van der Waals surface area (Å²) < 4.78 is 2.18. The van der Waals surface area contributed by atoms with Crippen LogP contribution in [0.3, 0.4) is 0 Å². The molecule has 3 N–H and O–H groups in total. The van der Waals surface area contributed by atoms with Crippen molar-refractivity contribution in [2.45, 2.75) is 51.6 Å². The van der Waals surface area contributed by atoms with Crippen LogP contribution in [0.2, 0.25) is 0 Å². The summed E-state index contributed by atoms with van der Waals surface area (Å²) in [6, 6.07) is 0.218. The first-order valence-electron chi connectivity index (χ1n) is 6.34. The fourth-order valence-electron chi connectivity index (χ4n) is 2.76. The number of hydrogen-bond acceptors (Lipinski definition) is 3. The lowest BCUT2D eigenvalue weighted by molar-refractivity contribution is 0.261. The molecule has 0 amide bonds. The Labute approximate surface area is 97.2 Å². The van der Waals surface area contributed by atoms with Gasteiger partial charge in [-0.1, -0.05) is 19.3 Å². The zero-order chi connectivity index (χ0) is 11.4. The number of imidazole rings is 1. The van der Waals surface area contributed by atoms with E-state index >= 15 is 0 Å². The molecule has 16 heavy (non-hydrogen) atoms. The van der Waals surface area contributed by atoms with E-state index in [1.54, 1.807) is 0 Å². The smallest absolute Gasteiger partial charge is 0.127 e. The van der Waals surface area contributed by atoms with Crippen molar-refractivity contribution in [2.75, 3.05) is 0 Å². The molecule has 1 aromatic heterocycles. The first-order valence-corrected chi connectivity index (χ1v) is 6.34. The maximum atomic E-state index is 5.72. The van der Waals surface area contributed by atoms with Crippen LogP contribution < -0.4 is 11.3 Å². The normalized spacial score (nSPS) is 19.9. The molecule has 0 radical (unpaired) electrons. The highest BCUT2D eigenvalue weighted by atomic mass is 15.3. The van der Waals surface area contributed by atoms with Crippen molar-refractivity contribution < 1.29 is 0 Å². The molecule has 0 spiro atoms. The minimum absolute atomic E-state index is 0.218. The average molecular weight is 222 g/mol. The molecule has 1 heterocycles. The van der Waals surface area contributed by atoms with Gasteiger partial charge in [-0.15, -0.1) is 0 Å². The van der Waals surface area contributed by atoms with Crippen LogP contribution >= 0.6 is 0 Å². The number of nitrogens with zero attached hydrogens (tertiary/aromatic N) is 2. The fourth-order valence-corrected chi connectivity index (χ4v) is 2.76. The zero-order valence-electron chi connectivity index (χ0n) is 10.0. The van der Waals surface area contributed by atoms with Crippen LogP contribution in [0.5, 0.6) is 0 Å². The Morgan fingerprint density at radius 3 is 2.88 bits per heavy atom. The third-order valence-corrected chi connectivity index (χ3v) is 3.67. The SMILES string of the molecule is CCn1ccnc1C(NN)C1CCCCC1. The zero-order valence-corrected chi connectivity index (χ0v) is 10.0. The largest absolute Gasteiger partial charge is 0.334 e. The summed E-state index contributed by atoms with van der Waals surface area (Å²) in [6.07, 6.45) is 10.5. The number of aryl methyl sites for hydroxylation is 1. The van der Waals surface area contributed by atoms with Crippen molar-refractivity contribution in [2.24, 2.45) is 11.8 Å². The van der Waals surface area contributed by atoms with Gasteiger partial charge in [-0.25, -0.2) is 10.4 Å². The molecule has 0 saturated heterocycles. The van der Waals surface area contributed by atoms with Crippen molar-refractivity contribution in [1.82, 2.24) is 15.0 Å². The quantitative estimate of drug-likeness (QED) is 0.605. The van der Waals surface area contributed by atoms with Gasteiger partial charge in [0, 0.05) is 18.9 Å². The van der Waals surface area contributed by atoms with Crippen molar-refractivity contribution in [3.63, 3.8) is 0 Å². The monoisotopic (exact) mass is 222 g/mol. The molecule has 90 valence electrons. The van der Waals surface area contributed by atoms with Crippen molar-refractivity contribution >= 4 is 0 Å². The van der Waals surface area contributed by atoms with Crippen LogP contribution in [0.1, 0.15) is 50.9 Å². The Morgan fingerprint density at radius 1 is 1.50 bits per heavy atom. The summed E-state index contributed by atoms with van der Waals surface area (Å²) in [5.41, 5.74) is 2.97. The summed E-state index contributed by atoms with van der Waals surface area (Å²) >= 11 is 0. The second kappa shape index (κ2) is 5.46. The predicted molar refractivity (Wildman–Crippen MR) is 64.5 cm³/mol. The minimum Gasteiger partial charge on any atom is -0.334 e. The van der Waals surface area contributed by atoms with Gasteiger partial charge < -0.3 is 4.57 Å². The van der Waals surface area contributed by atoms with E-state index in [4.69, 9.17) is 5.84 Å². The molecule has 1 unspecified atom stereocenters. The lowest BCUT2D eigenvalue weighted by Gasteiger charge is -2.29. The molecular formula is C12H22N4. The molecule has 4 heteroatoms. The Hall–Kier alpha value is -0.870. The number of rotatable bonds is 4. The van der Waals surface area contributed by atoms with E-state index in [9.17, 15) is 0 Å². The second-order valence-electron chi connectivity index (χ2n) is 4.61. The van der Waals surface area contributed by atoms with E-state index in [-0.39, 0.29) is 6.04 Å². The molecule has 0 aliphatic heterocycles. The molecule has 1 aliphatic rings. The van der Waals surface area contributed by atoms with Gasteiger partial charge in [0.2, 0.25) is 0 Å². The topological polar surface area (TPSA) is 55.9 Å². The molecule has 2 rings (SSSR count). The van der Waals surface area contributed by atoms with Crippen LogP contribution in [0.25, 0.3) is 0 Å². The molecule has 0 bridgehead atoms. The van der Waals surface area contributed by atoms with Gasteiger partial charge in [0.1, 0.15) is 5.82 Å². The Morgan fingerprint density at radius 2 is 2.25 bits per heavy atom. The van der Waals surface area contributed by atoms with Crippen molar-refractivity contribution in [3.05, 3.63) is 18.2 Å². The van der Waals surface area contributed by atoms with Gasteiger partial charge in [-0.3, -0.25) is 5.84 Å². The Bertz CT molecular complexity index is 315. The molecule has 4 nitrogen and oxygen atoms in total. The summed E-state index contributed by atoms with van der Waals surface area (Å²) in [4.78, 5) is 4.45. The van der Waals surface area contributed by atoms with Crippen molar-refractivity contribution in [3.8, 4) is 0 Å². The Balaban J connectivity index is 2.14. The van der Waals surface area contributed by atoms with Crippen LogP contribution in [0, 0.1) is 5.92 Å². The first-order chi connectivity index (χ1) is 7.86. The molecule has 1 saturated carbocycles. The van der Waals surface area contributed by atoms with Crippen molar-refractivity contribution in [1.29, 1.82) is 0 Å². The molecule has 0 aromatic carbocycles. The second-order valence-corrected chi connectivity index (χ2v) is 4.61. The molecule has 1 atom stereocenters. The Kier molecular flexibility index (Phi) is 3.96. The summed E-state index contributed by atoms with van der Waals surface area (Å²) in [5, 5.41) is 0. The first kappa shape index (κ1) is 11.6. The molecular weight excluding hydrogens is 200 g/mol. The van der Waals surface area contributed by atoms with Gasteiger partial charge in [-0.05, 0) is 25.7 Å². The van der Waals surface area contributed by atoms with Crippen LogP contribution in [0.15, 0.2) is 12.4 Å². The highest BCUT2D eigenvalue weighted by Gasteiger charge is 2.26. The summed E-state index contributed by atoms with van der Waals surface area (Å²) in [7, 11) is 0. The van der Waals surface area contributed by atoms with Gasteiger partial charge >= 0.3 is 0 Å². The molecule has 1 fully saturated rings. The van der Waals surface area contributed by atoms with Crippen LogP contribution in [-0.2, 0) is 6.54 Å². The predicted octanol–water partition coefficient (Wildman–Crippen LogP) is 1.99. The third kappa shape index (κ3) is 2.28. The van der Waals surface area contributed by atoms with E-state index in [2.05, 4.69) is 21.9 Å². The van der Waals surface area contributed by atoms with Gasteiger partial charge in [0.25, 0.3) is 0 Å². The lowest BCUT2D eigenvalue weighted by Crippen LogP contribution is -2.36. The molecule has 1 aliphatic carbocycles. The number of aromatic nitrogens is 2. The van der Waals surface area contributed by atoms with E-state index < -0.39 is 0 Å². The van der Waals surface area contributed by atoms with E-state index in [1.165, 1.54) is 32.1 Å². The fraction of sp³-hybridized carbons (Fsp3) is 0.750. The lowest BCUT2D eigenvalue weighted by atomic mass is 9.84. The van der Waals surface area contributed by atoms with Gasteiger partial charge in [-0.2, -0.15) is 0 Å². The van der Waals surface area contributed by atoms with E-state index in [0.29, 0.717) is 5.92 Å². The highest BCUT2D eigenvalue weighted by Crippen LogP contribution is 2.33. The van der Waals surface area contributed by atoms with E-state index in [1.807, 2.05) is 12.4 Å². The van der Waals surface area contributed by atoms with Gasteiger partial charge in [0.05, 0.1) is 6.04 Å². The maximum absolute atomic E-state index is 5.72. The minimum atomic E-state index is 0.218. The number of nitrogens with two attached hydrogens (primary N) is 1. The number of hydrogen-bond donors (Lipinski definition) is 2. The third-order valence-electron chi connectivity index (χ3n) is 3.67. The van der Waals surface area contributed by atoms with Crippen LogP contribution in [0.4, 0.5) is 0 Å². The van der Waals surface area contributed by atoms with E-state index in [0.717, 1.165) is 12.4 Å². The number of hydrazine groups is 1. The average Bonchev–Trinajstić information content (AvgIpc) is 2.80. The van der Waals surface area contributed by atoms with Crippen LogP contribution in [-0.4, -0.2) is 9.55 Å².